The van der Waals surface area contributed by atoms with Crippen LogP contribution in [0.15, 0.2) is 72.4 Å². The third-order valence-electron chi connectivity index (χ3n) is 4.42. The van der Waals surface area contributed by atoms with Crippen molar-refractivity contribution in [2.24, 2.45) is 0 Å². The average Bonchev–Trinajstić information content (AvgIpc) is 3.42. The summed E-state index contributed by atoms with van der Waals surface area (Å²) in [6, 6.07) is 18.3. The first-order valence-corrected chi connectivity index (χ1v) is 9.72. The van der Waals surface area contributed by atoms with Crippen LogP contribution in [-0.4, -0.2) is 21.5 Å². The van der Waals surface area contributed by atoms with Crippen molar-refractivity contribution in [2.45, 2.75) is 35.8 Å². The normalized spacial score (nSPS) is 14.9. The van der Waals surface area contributed by atoms with Gasteiger partial charge in [0.2, 0.25) is 5.91 Å². The molecule has 0 bridgehead atoms. The minimum atomic E-state index is -0.322. The second kappa shape index (κ2) is 7.38. The summed E-state index contributed by atoms with van der Waals surface area (Å²) in [5, 5.41) is 3.66. The van der Waals surface area contributed by atoms with Gasteiger partial charge in [0.05, 0.1) is 11.0 Å². The number of carbonyl (C=O) groups excluding carboxylic acids is 1. The van der Waals surface area contributed by atoms with Gasteiger partial charge in [-0.3, -0.25) is 4.79 Å². The van der Waals surface area contributed by atoms with Crippen LogP contribution in [0.3, 0.4) is 0 Å². The fraction of sp³-hybridized carbons (Fsp3) is 0.238. The van der Waals surface area contributed by atoms with E-state index in [0.717, 1.165) is 34.6 Å². The lowest BCUT2D eigenvalue weighted by Gasteiger charge is -2.17. The monoisotopic (exact) mass is 363 g/mol. The molecule has 2 aromatic carbocycles. The van der Waals surface area contributed by atoms with Crippen LogP contribution in [0.1, 0.15) is 23.7 Å². The van der Waals surface area contributed by atoms with E-state index < -0.39 is 0 Å². The number of rotatable bonds is 7. The Kier molecular flexibility index (Phi) is 4.80. The molecule has 1 aromatic heterocycles. The van der Waals surface area contributed by atoms with Gasteiger partial charge in [-0.1, -0.05) is 60.3 Å². The lowest BCUT2D eigenvalue weighted by Crippen LogP contribution is -2.29. The Labute approximate surface area is 157 Å². The highest BCUT2D eigenvalue weighted by molar-refractivity contribution is 8.00. The third kappa shape index (κ3) is 3.53. The summed E-state index contributed by atoms with van der Waals surface area (Å²) in [5.74, 6) is 0.0564. The molecule has 0 unspecified atom stereocenters. The number of thioether (sulfide) groups is 1. The maximum Gasteiger partial charge on any atom is 0.238 e. The molecule has 1 aliphatic rings. The number of aromatic nitrogens is 2. The number of benzene rings is 2. The minimum absolute atomic E-state index is 0.0564. The first-order valence-electron chi connectivity index (χ1n) is 8.84. The zero-order valence-corrected chi connectivity index (χ0v) is 15.3. The zero-order chi connectivity index (χ0) is 17.9. The smallest absolute Gasteiger partial charge is 0.238 e. The molecule has 1 atom stereocenters. The Bertz CT molecular complexity index is 931. The van der Waals surface area contributed by atoms with Crippen molar-refractivity contribution in [2.75, 3.05) is 0 Å². The largest absolute Gasteiger partial charge is 0.352 e. The molecule has 26 heavy (non-hydrogen) atoms. The molecule has 1 saturated carbocycles. The lowest BCUT2D eigenvalue weighted by molar-refractivity contribution is -0.120. The van der Waals surface area contributed by atoms with Crippen molar-refractivity contribution in [3.05, 3.63) is 72.8 Å². The maximum absolute atomic E-state index is 12.9. The van der Waals surface area contributed by atoms with Crippen LogP contribution in [0.4, 0.5) is 0 Å². The number of carbonyl (C=O) groups is 1. The summed E-state index contributed by atoms with van der Waals surface area (Å²) in [4.78, 5) is 17.7. The van der Waals surface area contributed by atoms with Gasteiger partial charge in [0.15, 0.2) is 5.16 Å². The number of hydrogen-bond acceptors (Lipinski definition) is 3. The molecule has 1 fully saturated rings. The topological polar surface area (TPSA) is 46.9 Å². The number of hydrogen-bond donors (Lipinski definition) is 1. The van der Waals surface area contributed by atoms with E-state index in [2.05, 4.69) is 22.5 Å². The lowest BCUT2D eigenvalue weighted by atomic mass is 10.1. The van der Waals surface area contributed by atoms with Crippen LogP contribution in [0.5, 0.6) is 0 Å². The van der Waals surface area contributed by atoms with Crippen molar-refractivity contribution in [3.8, 4) is 0 Å². The number of amides is 1. The Balaban J connectivity index is 1.70. The number of para-hydroxylation sites is 2. The maximum atomic E-state index is 12.9. The molecule has 4 rings (SSSR count). The van der Waals surface area contributed by atoms with Gasteiger partial charge in [-0.15, -0.1) is 6.58 Å². The molecule has 1 amide bonds. The van der Waals surface area contributed by atoms with Gasteiger partial charge >= 0.3 is 0 Å². The summed E-state index contributed by atoms with van der Waals surface area (Å²) in [5.41, 5.74) is 2.99. The molecule has 0 saturated heterocycles. The molecule has 3 aromatic rings. The zero-order valence-electron chi connectivity index (χ0n) is 14.5. The van der Waals surface area contributed by atoms with Gasteiger partial charge in [-0.2, -0.15) is 0 Å². The molecule has 1 N–H and O–H groups in total. The number of allylic oxidation sites excluding steroid dienone is 1. The fourth-order valence-electron chi connectivity index (χ4n) is 2.96. The van der Waals surface area contributed by atoms with Crippen LogP contribution in [0, 0.1) is 0 Å². The van der Waals surface area contributed by atoms with Gasteiger partial charge in [-0.05, 0) is 30.5 Å². The molecular weight excluding hydrogens is 342 g/mol. The summed E-state index contributed by atoms with van der Waals surface area (Å²) in [6.07, 6.45) is 4.01. The summed E-state index contributed by atoms with van der Waals surface area (Å²) >= 11 is 1.50. The van der Waals surface area contributed by atoms with E-state index in [1.54, 1.807) is 0 Å². The van der Waals surface area contributed by atoms with Crippen LogP contribution in [0.2, 0.25) is 0 Å². The minimum Gasteiger partial charge on any atom is -0.352 e. The Morgan fingerprint density at radius 2 is 1.96 bits per heavy atom. The SMILES string of the molecule is C=CCn1c(S[C@@H](C(=O)NC2CC2)c2ccccc2)nc2ccccc21. The van der Waals surface area contributed by atoms with Crippen molar-refractivity contribution in [1.82, 2.24) is 14.9 Å². The fourth-order valence-corrected chi connectivity index (χ4v) is 4.09. The first-order chi connectivity index (χ1) is 12.8. The number of fused-ring (bicyclic) bond motifs is 1. The van der Waals surface area contributed by atoms with Crippen LogP contribution >= 0.6 is 11.8 Å². The van der Waals surface area contributed by atoms with Gasteiger partial charge in [0.25, 0.3) is 0 Å². The van der Waals surface area contributed by atoms with E-state index in [-0.39, 0.29) is 11.2 Å². The highest BCUT2D eigenvalue weighted by Crippen LogP contribution is 2.37. The van der Waals surface area contributed by atoms with Gasteiger partial charge < -0.3 is 9.88 Å². The summed E-state index contributed by atoms with van der Waals surface area (Å²) in [6.45, 7) is 4.53. The number of imidazole rings is 1. The Hall–Kier alpha value is -2.53. The van der Waals surface area contributed by atoms with E-state index in [4.69, 9.17) is 4.98 Å². The molecule has 5 heteroatoms. The number of nitrogens with zero attached hydrogens (tertiary/aromatic N) is 2. The first kappa shape index (κ1) is 16.9. The van der Waals surface area contributed by atoms with Gasteiger partial charge in [-0.25, -0.2) is 4.98 Å². The molecule has 1 heterocycles. The Morgan fingerprint density at radius 3 is 2.69 bits per heavy atom. The summed E-state index contributed by atoms with van der Waals surface area (Å²) in [7, 11) is 0. The van der Waals surface area contributed by atoms with E-state index in [1.807, 2.05) is 54.6 Å². The van der Waals surface area contributed by atoms with E-state index >= 15 is 0 Å². The third-order valence-corrected chi connectivity index (χ3v) is 5.66. The molecule has 1 aliphatic carbocycles. The van der Waals surface area contributed by atoms with Crippen LogP contribution in [0.25, 0.3) is 11.0 Å². The molecule has 4 nitrogen and oxygen atoms in total. The molecule has 0 radical (unpaired) electrons. The predicted molar refractivity (Wildman–Crippen MR) is 106 cm³/mol. The average molecular weight is 363 g/mol. The van der Waals surface area contributed by atoms with Crippen LogP contribution < -0.4 is 5.32 Å². The van der Waals surface area contributed by atoms with E-state index in [9.17, 15) is 4.79 Å². The highest BCUT2D eigenvalue weighted by Gasteiger charge is 2.30. The van der Waals surface area contributed by atoms with Crippen molar-refractivity contribution < 1.29 is 4.79 Å². The molecule has 0 aliphatic heterocycles. The van der Waals surface area contributed by atoms with Crippen molar-refractivity contribution in [1.29, 1.82) is 0 Å². The molecule has 0 spiro atoms. The van der Waals surface area contributed by atoms with E-state index in [0.29, 0.717) is 12.6 Å². The van der Waals surface area contributed by atoms with Crippen molar-refractivity contribution in [3.63, 3.8) is 0 Å². The standard InChI is InChI=1S/C21H21N3OS/c1-2-14-24-18-11-7-6-10-17(18)23-21(24)26-19(15-8-4-3-5-9-15)20(25)22-16-12-13-16/h2-11,16,19H,1,12-14H2,(H,22,25)/t19-/m1/s1. The summed E-state index contributed by atoms with van der Waals surface area (Å²) < 4.78 is 2.12. The highest BCUT2D eigenvalue weighted by atomic mass is 32.2. The second-order valence-electron chi connectivity index (χ2n) is 6.47. The van der Waals surface area contributed by atoms with Gasteiger partial charge in [0.1, 0.15) is 5.25 Å². The van der Waals surface area contributed by atoms with E-state index in [1.165, 1.54) is 11.8 Å². The quantitative estimate of drug-likeness (QED) is 0.502. The molecule has 132 valence electrons. The molecular formula is C21H21N3OS. The van der Waals surface area contributed by atoms with Gasteiger partial charge in [0, 0.05) is 12.6 Å². The Morgan fingerprint density at radius 1 is 1.23 bits per heavy atom. The van der Waals surface area contributed by atoms with Crippen LogP contribution in [-0.2, 0) is 11.3 Å². The van der Waals surface area contributed by atoms with Crippen molar-refractivity contribution >= 4 is 28.7 Å². The second-order valence-corrected chi connectivity index (χ2v) is 7.55. The number of nitrogens with one attached hydrogen (secondary N) is 1. The predicted octanol–water partition coefficient (Wildman–Crippen LogP) is 4.33.